The molecule has 1 heterocycles. The van der Waals surface area contributed by atoms with Gasteiger partial charge in [-0.15, -0.1) is 0 Å². The number of aromatic nitrogens is 2. The summed E-state index contributed by atoms with van der Waals surface area (Å²) in [5.74, 6) is 0.526. The summed E-state index contributed by atoms with van der Waals surface area (Å²) in [5.41, 5.74) is 6.48. The van der Waals surface area contributed by atoms with Crippen LogP contribution in [0, 0.1) is 5.92 Å². The van der Waals surface area contributed by atoms with Crippen LogP contribution in [0.4, 0.5) is 0 Å². The van der Waals surface area contributed by atoms with Gasteiger partial charge < -0.3 is 10.5 Å². The normalized spacial score (nSPS) is 14.6. The number of nitrogens with zero attached hydrogens (tertiary/aromatic N) is 2. The molecule has 5 heteroatoms. The highest BCUT2D eigenvalue weighted by Crippen LogP contribution is 2.24. The third kappa shape index (κ3) is 2.72. The zero-order valence-corrected chi connectivity index (χ0v) is 11.8. The quantitative estimate of drug-likeness (QED) is 0.787. The molecule has 1 aromatic heterocycles. The van der Waals surface area contributed by atoms with E-state index in [1.807, 2.05) is 27.7 Å². The average molecular weight is 253 g/mol. The van der Waals surface area contributed by atoms with Gasteiger partial charge in [0.1, 0.15) is 5.69 Å². The van der Waals surface area contributed by atoms with E-state index in [0.29, 0.717) is 11.4 Å². The van der Waals surface area contributed by atoms with Crippen LogP contribution in [0.25, 0.3) is 0 Å². The second kappa shape index (κ2) is 6.00. The minimum absolute atomic E-state index is 0.0944. The van der Waals surface area contributed by atoms with Crippen molar-refractivity contribution in [1.82, 2.24) is 9.78 Å². The summed E-state index contributed by atoms with van der Waals surface area (Å²) in [5, 5.41) is 4.19. The third-order valence-electron chi connectivity index (χ3n) is 3.26. The molecule has 102 valence electrons. The molecule has 0 aliphatic heterocycles. The third-order valence-corrected chi connectivity index (χ3v) is 3.26. The van der Waals surface area contributed by atoms with Crippen molar-refractivity contribution >= 4 is 5.78 Å². The molecule has 0 fully saturated rings. The largest absolute Gasteiger partial charge is 0.493 e. The van der Waals surface area contributed by atoms with Gasteiger partial charge in [-0.2, -0.15) is 5.10 Å². The molecule has 2 N–H and O–H groups in total. The van der Waals surface area contributed by atoms with E-state index in [-0.39, 0.29) is 17.7 Å². The number of methoxy groups -OCH3 is 1. The van der Waals surface area contributed by atoms with E-state index in [2.05, 4.69) is 5.10 Å². The molecule has 0 amide bonds. The van der Waals surface area contributed by atoms with Crippen molar-refractivity contribution in [2.24, 2.45) is 11.7 Å². The molecule has 2 atom stereocenters. The number of carbonyl (C=O) groups is 1. The minimum Gasteiger partial charge on any atom is -0.493 e. The molecule has 1 rings (SSSR count). The molecule has 0 radical (unpaired) electrons. The zero-order chi connectivity index (χ0) is 13.9. The number of carbonyl (C=O) groups excluding carboxylic acids is 1. The van der Waals surface area contributed by atoms with Gasteiger partial charge in [0.2, 0.25) is 5.78 Å². The standard InChI is InChI=1S/C13H23N3O2/c1-6-9(4)11(14)13(17)12-10(18-5)7-15-16(12)8(2)3/h7-9,11H,6,14H2,1-5H3. The number of hydrogen-bond donors (Lipinski definition) is 1. The molecule has 0 aliphatic rings. The molecular weight excluding hydrogens is 230 g/mol. The Balaban J connectivity index is 3.14. The zero-order valence-electron chi connectivity index (χ0n) is 11.8. The SMILES string of the molecule is CCC(C)C(N)C(=O)c1c(OC)cnn1C(C)C. The van der Waals surface area contributed by atoms with E-state index in [9.17, 15) is 4.79 Å². The molecule has 0 aliphatic carbocycles. The van der Waals surface area contributed by atoms with E-state index < -0.39 is 6.04 Å². The first-order chi connectivity index (χ1) is 8.43. The molecule has 5 nitrogen and oxygen atoms in total. The molecule has 1 aromatic rings. The van der Waals surface area contributed by atoms with Gasteiger partial charge in [-0.3, -0.25) is 9.48 Å². The van der Waals surface area contributed by atoms with Crippen LogP contribution in [0.2, 0.25) is 0 Å². The van der Waals surface area contributed by atoms with Crippen molar-refractivity contribution in [3.8, 4) is 5.75 Å². The van der Waals surface area contributed by atoms with Crippen molar-refractivity contribution in [2.45, 2.75) is 46.2 Å². The Morgan fingerprint density at radius 3 is 2.56 bits per heavy atom. The maximum absolute atomic E-state index is 12.4. The van der Waals surface area contributed by atoms with Crippen molar-refractivity contribution in [3.05, 3.63) is 11.9 Å². The summed E-state index contributed by atoms with van der Waals surface area (Å²) >= 11 is 0. The first-order valence-corrected chi connectivity index (χ1v) is 6.35. The van der Waals surface area contributed by atoms with Crippen LogP contribution in [-0.4, -0.2) is 28.7 Å². The molecule has 2 unspecified atom stereocenters. The van der Waals surface area contributed by atoms with Crippen LogP contribution < -0.4 is 10.5 Å². The monoisotopic (exact) mass is 253 g/mol. The average Bonchev–Trinajstić information content (AvgIpc) is 2.79. The topological polar surface area (TPSA) is 70.1 Å². The van der Waals surface area contributed by atoms with Gasteiger partial charge in [0.05, 0.1) is 19.3 Å². The lowest BCUT2D eigenvalue weighted by Gasteiger charge is -2.19. The number of hydrogen-bond acceptors (Lipinski definition) is 4. The molecule has 0 spiro atoms. The summed E-state index contributed by atoms with van der Waals surface area (Å²) < 4.78 is 6.87. The van der Waals surface area contributed by atoms with Crippen molar-refractivity contribution in [1.29, 1.82) is 0 Å². The highest BCUT2D eigenvalue weighted by atomic mass is 16.5. The summed E-state index contributed by atoms with van der Waals surface area (Å²) in [7, 11) is 1.53. The van der Waals surface area contributed by atoms with E-state index in [1.165, 1.54) is 7.11 Å². The van der Waals surface area contributed by atoms with Crippen LogP contribution in [0.1, 0.15) is 50.6 Å². The fourth-order valence-electron chi connectivity index (χ4n) is 1.79. The first-order valence-electron chi connectivity index (χ1n) is 6.35. The number of rotatable bonds is 6. The Morgan fingerprint density at radius 2 is 2.11 bits per heavy atom. The molecule has 0 saturated carbocycles. The summed E-state index contributed by atoms with van der Waals surface area (Å²) in [6.45, 7) is 7.94. The van der Waals surface area contributed by atoms with Gasteiger partial charge >= 0.3 is 0 Å². The highest BCUT2D eigenvalue weighted by molar-refractivity contribution is 6.01. The predicted octanol–water partition coefficient (Wildman–Crippen LogP) is 2.03. The Hall–Kier alpha value is -1.36. The van der Waals surface area contributed by atoms with Gasteiger partial charge in [-0.25, -0.2) is 0 Å². The van der Waals surface area contributed by atoms with E-state index in [4.69, 9.17) is 10.5 Å². The fourth-order valence-corrected chi connectivity index (χ4v) is 1.79. The highest BCUT2D eigenvalue weighted by Gasteiger charge is 2.28. The number of ketones is 1. The maximum atomic E-state index is 12.4. The summed E-state index contributed by atoms with van der Waals surface area (Å²) in [6.07, 6.45) is 2.43. The van der Waals surface area contributed by atoms with Gasteiger partial charge in [-0.1, -0.05) is 20.3 Å². The van der Waals surface area contributed by atoms with Crippen LogP contribution >= 0.6 is 0 Å². The van der Waals surface area contributed by atoms with Crippen molar-refractivity contribution in [2.75, 3.05) is 7.11 Å². The van der Waals surface area contributed by atoms with Crippen LogP contribution in [0.3, 0.4) is 0 Å². The van der Waals surface area contributed by atoms with E-state index >= 15 is 0 Å². The first kappa shape index (κ1) is 14.7. The van der Waals surface area contributed by atoms with Crippen LogP contribution in [0.15, 0.2) is 6.20 Å². The van der Waals surface area contributed by atoms with E-state index in [1.54, 1.807) is 10.9 Å². The number of nitrogens with two attached hydrogens (primary N) is 1. The molecule has 0 saturated heterocycles. The maximum Gasteiger partial charge on any atom is 0.201 e. The van der Waals surface area contributed by atoms with Gasteiger partial charge in [-0.05, 0) is 19.8 Å². The Morgan fingerprint density at radius 1 is 1.50 bits per heavy atom. The molecule has 18 heavy (non-hydrogen) atoms. The smallest absolute Gasteiger partial charge is 0.201 e. The number of Topliss-reactive ketones (excluding diaryl/α,β-unsaturated/α-hetero) is 1. The Kier molecular flexibility index (Phi) is 4.90. The van der Waals surface area contributed by atoms with Gasteiger partial charge in [0, 0.05) is 6.04 Å². The Labute approximate surface area is 108 Å². The van der Waals surface area contributed by atoms with Crippen LogP contribution in [0.5, 0.6) is 5.75 Å². The second-order valence-electron chi connectivity index (χ2n) is 4.88. The molecular formula is C13H23N3O2. The van der Waals surface area contributed by atoms with E-state index in [0.717, 1.165) is 6.42 Å². The lowest BCUT2D eigenvalue weighted by Crippen LogP contribution is -2.38. The van der Waals surface area contributed by atoms with Crippen LogP contribution in [-0.2, 0) is 0 Å². The predicted molar refractivity (Wildman–Crippen MR) is 70.9 cm³/mol. The van der Waals surface area contributed by atoms with Gasteiger partial charge in [0.15, 0.2) is 5.75 Å². The number of ether oxygens (including phenoxy) is 1. The lowest BCUT2D eigenvalue weighted by molar-refractivity contribution is 0.0919. The minimum atomic E-state index is -0.516. The Bertz CT molecular complexity index is 412. The van der Waals surface area contributed by atoms with Gasteiger partial charge in [0.25, 0.3) is 0 Å². The van der Waals surface area contributed by atoms with Crippen molar-refractivity contribution in [3.63, 3.8) is 0 Å². The van der Waals surface area contributed by atoms with Crippen molar-refractivity contribution < 1.29 is 9.53 Å². The fraction of sp³-hybridized carbons (Fsp3) is 0.692. The lowest BCUT2D eigenvalue weighted by atomic mass is 9.94. The molecule has 0 bridgehead atoms. The molecule has 0 aromatic carbocycles. The summed E-state index contributed by atoms with van der Waals surface area (Å²) in [4.78, 5) is 12.4. The second-order valence-corrected chi connectivity index (χ2v) is 4.88. The summed E-state index contributed by atoms with van der Waals surface area (Å²) in [6, 6.07) is -0.421.